The van der Waals surface area contributed by atoms with E-state index in [1.54, 1.807) is 7.11 Å². The fraction of sp³-hybridized carbons (Fsp3) is 0.317. The Labute approximate surface area is 265 Å². The molecule has 228 valence electrons. The molecule has 8 rings (SSSR count). The average molecular weight is 595 g/mol. The highest BCUT2D eigenvalue weighted by atomic mass is 16.5. The number of rotatable bonds is 5. The second-order valence-corrected chi connectivity index (χ2v) is 13.2. The van der Waals surface area contributed by atoms with Crippen LogP contribution < -0.4 is 30.5 Å². The van der Waals surface area contributed by atoms with Crippen molar-refractivity contribution in [1.29, 1.82) is 0 Å². The van der Waals surface area contributed by atoms with Crippen molar-refractivity contribution < 1.29 is 9.47 Å². The number of piperidine rings is 1. The molecule has 1 unspecified atom stereocenters. The van der Waals surface area contributed by atoms with Gasteiger partial charge in [0.1, 0.15) is 5.75 Å². The zero-order valence-electron chi connectivity index (χ0n) is 26.7. The lowest BCUT2D eigenvalue weighted by Crippen LogP contribution is -2.48. The number of allylic oxidation sites excluding steroid dienone is 1. The molecule has 45 heavy (non-hydrogen) atoms. The maximum Gasteiger partial charge on any atom is 0.238 e. The highest BCUT2D eigenvalue weighted by molar-refractivity contribution is 5.94. The van der Waals surface area contributed by atoms with Gasteiger partial charge in [-0.05, 0) is 107 Å². The van der Waals surface area contributed by atoms with E-state index in [4.69, 9.17) is 9.47 Å². The van der Waals surface area contributed by atoms with Gasteiger partial charge in [-0.15, -0.1) is 0 Å². The van der Waals surface area contributed by atoms with Crippen LogP contribution in [0.1, 0.15) is 55.2 Å². The molecule has 0 bridgehead atoms. The molecule has 2 heterocycles. The summed E-state index contributed by atoms with van der Waals surface area (Å²) >= 11 is 0. The van der Waals surface area contributed by atoms with Crippen molar-refractivity contribution in [3.05, 3.63) is 116 Å². The average Bonchev–Trinajstić information content (AvgIpc) is 3.11. The van der Waals surface area contributed by atoms with E-state index >= 15 is 0 Å². The number of hydrogen-bond donors (Lipinski definition) is 0. The molecule has 4 aromatic rings. The van der Waals surface area contributed by atoms with Crippen molar-refractivity contribution in [1.82, 2.24) is 4.90 Å². The highest BCUT2D eigenvalue weighted by Crippen LogP contribution is 2.40. The maximum atomic E-state index is 7.00. The monoisotopic (exact) mass is 594 g/mol. The Balaban J connectivity index is 1.47. The number of likely N-dealkylation sites (tertiary alicyclic amines) is 1. The summed E-state index contributed by atoms with van der Waals surface area (Å²) in [5.74, 6) is 2.67. The number of nitrogens with zero attached hydrogens (tertiary/aromatic N) is 2. The van der Waals surface area contributed by atoms with Gasteiger partial charge in [0.15, 0.2) is 5.76 Å². The number of ether oxygens (including phenoxy) is 2. The van der Waals surface area contributed by atoms with Gasteiger partial charge in [0.25, 0.3) is 0 Å². The second kappa shape index (κ2) is 11.2. The summed E-state index contributed by atoms with van der Waals surface area (Å²) in [5.41, 5.74) is 5.00. The molecule has 0 saturated carbocycles. The van der Waals surface area contributed by atoms with Gasteiger partial charge in [0, 0.05) is 48.9 Å². The molecule has 0 aromatic heterocycles. The Hall–Kier alpha value is -4.44. The Morgan fingerprint density at radius 3 is 2.33 bits per heavy atom. The third kappa shape index (κ3) is 4.57. The van der Waals surface area contributed by atoms with Crippen LogP contribution in [-0.4, -0.2) is 39.2 Å². The van der Waals surface area contributed by atoms with Crippen LogP contribution >= 0.6 is 0 Å². The summed E-state index contributed by atoms with van der Waals surface area (Å²) < 4.78 is 13.0. The molecule has 0 N–H and O–H groups in total. The number of hydrogen-bond acceptors (Lipinski definition) is 4. The van der Waals surface area contributed by atoms with E-state index in [9.17, 15) is 0 Å². The van der Waals surface area contributed by atoms with Crippen LogP contribution in [0, 0.1) is 0 Å². The first-order valence-corrected chi connectivity index (χ1v) is 16.6. The summed E-state index contributed by atoms with van der Waals surface area (Å²) in [6.07, 6.45) is 17.6. The third-order valence-corrected chi connectivity index (χ3v) is 10.4. The summed E-state index contributed by atoms with van der Waals surface area (Å²) in [5, 5.41) is 7.65. The van der Waals surface area contributed by atoms with Gasteiger partial charge in [-0.1, -0.05) is 66.8 Å². The van der Waals surface area contributed by atoms with E-state index in [2.05, 4.69) is 115 Å². The molecule has 2 aliphatic heterocycles. The Kier molecular flexibility index (Phi) is 6.97. The highest BCUT2D eigenvalue weighted by Gasteiger charge is 2.34. The third-order valence-electron chi connectivity index (χ3n) is 10.4. The number of aryl methyl sites for hydroxylation is 1. The molecule has 2 aliphatic carbocycles. The zero-order valence-corrected chi connectivity index (χ0v) is 26.7. The summed E-state index contributed by atoms with van der Waals surface area (Å²) in [6, 6.07) is 24.9. The first-order chi connectivity index (χ1) is 22.1. The Morgan fingerprint density at radius 2 is 1.58 bits per heavy atom. The largest absolute Gasteiger partial charge is 0.491 e. The molecule has 4 aromatic carbocycles. The van der Waals surface area contributed by atoms with Crippen molar-refractivity contribution in [2.75, 3.05) is 39.2 Å². The SMILES string of the molecule is COC1=C(N2CCCCC2)Oc2c(c3c(c4c5c(ccc24)=CCCC5)=CC(c2ccccc2)(c2ccc(N(C)C)cc2)CC=3)=C1. The molecule has 1 atom stereocenters. The summed E-state index contributed by atoms with van der Waals surface area (Å²) in [7, 11) is 5.98. The quantitative estimate of drug-likeness (QED) is 0.307. The fourth-order valence-electron chi connectivity index (χ4n) is 8.06. The molecule has 0 radical (unpaired) electrons. The van der Waals surface area contributed by atoms with Crippen molar-refractivity contribution in [2.45, 2.75) is 50.4 Å². The van der Waals surface area contributed by atoms with E-state index in [0.717, 1.165) is 55.0 Å². The molecular weight excluding hydrogens is 552 g/mol. The molecule has 4 aliphatic rings. The van der Waals surface area contributed by atoms with Gasteiger partial charge in [-0.2, -0.15) is 0 Å². The van der Waals surface area contributed by atoms with Gasteiger partial charge in [0.2, 0.25) is 5.88 Å². The fourth-order valence-corrected chi connectivity index (χ4v) is 8.06. The van der Waals surface area contributed by atoms with Gasteiger partial charge in [-0.3, -0.25) is 0 Å². The molecular formula is C41H42N2O2. The van der Waals surface area contributed by atoms with E-state index in [-0.39, 0.29) is 5.41 Å². The first kappa shape index (κ1) is 28.1. The lowest BCUT2D eigenvalue weighted by atomic mass is 9.69. The smallest absolute Gasteiger partial charge is 0.238 e. The molecule has 4 heteroatoms. The summed E-state index contributed by atoms with van der Waals surface area (Å²) in [4.78, 5) is 4.55. The zero-order chi connectivity index (χ0) is 30.5. The van der Waals surface area contributed by atoms with E-state index < -0.39 is 0 Å². The number of benzene rings is 4. The van der Waals surface area contributed by atoms with Crippen LogP contribution in [0.3, 0.4) is 0 Å². The van der Waals surface area contributed by atoms with Crippen LogP contribution in [0.15, 0.2) is 78.4 Å². The molecule has 0 amide bonds. The van der Waals surface area contributed by atoms with Crippen molar-refractivity contribution in [2.24, 2.45) is 0 Å². The molecule has 1 saturated heterocycles. The minimum absolute atomic E-state index is 0.296. The van der Waals surface area contributed by atoms with Crippen molar-refractivity contribution >= 4 is 40.8 Å². The molecule has 1 fully saturated rings. The second-order valence-electron chi connectivity index (χ2n) is 13.2. The predicted molar refractivity (Wildman–Crippen MR) is 186 cm³/mol. The van der Waals surface area contributed by atoms with Crippen LogP contribution in [-0.2, 0) is 16.6 Å². The maximum absolute atomic E-state index is 7.00. The van der Waals surface area contributed by atoms with E-state index in [0.29, 0.717) is 0 Å². The number of methoxy groups -OCH3 is 1. The van der Waals surface area contributed by atoms with Gasteiger partial charge in [0.05, 0.1) is 7.11 Å². The van der Waals surface area contributed by atoms with Gasteiger partial charge >= 0.3 is 0 Å². The first-order valence-electron chi connectivity index (χ1n) is 16.6. The van der Waals surface area contributed by atoms with Gasteiger partial charge < -0.3 is 19.3 Å². The minimum atomic E-state index is -0.296. The lowest BCUT2D eigenvalue weighted by molar-refractivity contribution is 0.157. The molecule has 0 spiro atoms. The van der Waals surface area contributed by atoms with Gasteiger partial charge in [-0.25, -0.2) is 0 Å². The summed E-state index contributed by atoms with van der Waals surface area (Å²) in [6.45, 7) is 2.01. The van der Waals surface area contributed by atoms with Crippen LogP contribution in [0.25, 0.3) is 35.1 Å². The van der Waals surface area contributed by atoms with E-state index in [1.807, 2.05) is 0 Å². The van der Waals surface area contributed by atoms with Crippen LogP contribution in [0.4, 0.5) is 5.69 Å². The van der Waals surface area contributed by atoms with Crippen LogP contribution in [0.2, 0.25) is 0 Å². The predicted octanol–water partition coefficient (Wildman–Crippen LogP) is 5.45. The minimum Gasteiger partial charge on any atom is -0.491 e. The normalized spacial score (nSPS) is 20.4. The molecule has 4 nitrogen and oxygen atoms in total. The van der Waals surface area contributed by atoms with E-state index in [1.165, 1.54) is 74.5 Å². The number of fused-ring (bicyclic) bond motifs is 8. The van der Waals surface area contributed by atoms with Crippen molar-refractivity contribution in [3.8, 4) is 5.75 Å². The lowest BCUT2D eigenvalue weighted by Gasteiger charge is -2.35. The Morgan fingerprint density at radius 1 is 0.800 bits per heavy atom. The number of anilines is 1. The topological polar surface area (TPSA) is 24.9 Å². The van der Waals surface area contributed by atoms with Crippen LogP contribution in [0.5, 0.6) is 5.75 Å². The van der Waals surface area contributed by atoms with Crippen molar-refractivity contribution in [3.63, 3.8) is 0 Å². The standard InChI is InChI=1S/C41H42N2O2/c1-42(2)31-19-17-30(18-20-31)41(29-13-6-4-7-14-29)23-22-33-35-26-37(44-3)40(43-24-10-5-11-25-43)45-39(35)34-21-16-28-12-8-9-15-32(28)38(34)36(33)27-41/h4,6-7,12-14,16-22,26-27H,5,8-11,15,23-25H2,1-3H3. The Bertz CT molecular complexity index is 2070.